The van der Waals surface area contributed by atoms with E-state index in [1.54, 1.807) is 30.5 Å². The van der Waals surface area contributed by atoms with Gasteiger partial charge in [-0.15, -0.1) is 0 Å². The molecule has 0 saturated carbocycles. The summed E-state index contributed by atoms with van der Waals surface area (Å²) in [7, 11) is -3.66. The van der Waals surface area contributed by atoms with Gasteiger partial charge in [-0.2, -0.15) is 16.1 Å². The molecule has 136 valence electrons. The molecular weight excluding hydrogens is 352 g/mol. The molecule has 1 unspecified atom stereocenters. The molecule has 0 radical (unpaired) electrons. The molecule has 1 atom stereocenters. The van der Waals surface area contributed by atoms with Gasteiger partial charge in [0.05, 0.1) is 6.04 Å². The molecule has 0 aliphatic carbocycles. The summed E-state index contributed by atoms with van der Waals surface area (Å²) in [4.78, 5) is 14.1. The number of aryl methyl sites for hydroxylation is 2. The van der Waals surface area contributed by atoms with Gasteiger partial charge in [0.25, 0.3) is 0 Å². The van der Waals surface area contributed by atoms with Crippen molar-refractivity contribution in [3.8, 4) is 0 Å². The molecule has 2 heterocycles. The van der Waals surface area contributed by atoms with E-state index in [2.05, 4.69) is 5.16 Å². The molecular formula is C14H24N4O4S2. The molecule has 0 spiro atoms. The molecule has 10 heteroatoms. The normalized spacial score (nSPS) is 17.9. The van der Waals surface area contributed by atoms with E-state index in [4.69, 9.17) is 10.3 Å². The number of aromatic nitrogens is 1. The molecule has 2 N–H and O–H groups in total. The van der Waals surface area contributed by atoms with Crippen molar-refractivity contribution in [1.29, 1.82) is 0 Å². The molecule has 8 nitrogen and oxygen atoms in total. The van der Waals surface area contributed by atoms with Crippen molar-refractivity contribution >= 4 is 27.7 Å². The van der Waals surface area contributed by atoms with Gasteiger partial charge in [0.15, 0.2) is 5.76 Å². The maximum atomic E-state index is 12.7. The average molecular weight is 377 g/mol. The summed E-state index contributed by atoms with van der Waals surface area (Å²) in [6.07, 6.45) is 2.59. The lowest BCUT2D eigenvalue weighted by molar-refractivity contribution is -0.133. The van der Waals surface area contributed by atoms with E-state index in [0.717, 1.165) is 5.75 Å². The second kappa shape index (κ2) is 7.85. The van der Waals surface area contributed by atoms with Crippen molar-refractivity contribution in [3.05, 3.63) is 11.5 Å². The van der Waals surface area contributed by atoms with Crippen LogP contribution in [0.5, 0.6) is 0 Å². The molecule has 1 aliphatic rings. The van der Waals surface area contributed by atoms with Gasteiger partial charge in [0.2, 0.25) is 15.9 Å². The van der Waals surface area contributed by atoms with Gasteiger partial charge in [0, 0.05) is 26.2 Å². The van der Waals surface area contributed by atoms with Crippen LogP contribution in [-0.4, -0.2) is 72.9 Å². The van der Waals surface area contributed by atoms with E-state index < -0.39 is 16.1 Å². The fourth-order valence-corrected chi connectivity index (χ4v) is 4.93. The van der Waals surface area contributed by atoms with E-state index in [0.29, 0.717) is 25.2 Å². The van der Waals surface area contributed by atoms with E-state index in [-0.39, 0.29) is 29.7 Å². The lowest BCUT2D eigenvalue weighted by atomic mass is 10.2. The van der Waals surface area contributed by atoms with Gasteiger partial charge >= 0.3 is 0 Å². The second-order valence-corrected chi connectivity index (χ2v) is 8.63. The van der Waals surface area contributed by atoms with Crippen LogP contribution in [0.15, 0.2) is 9.42 Å². The maximum absolute atomic E-state index is 12.7. The number of hydrogen-bond acceptors (Lipinski definition) is 7. The number of carbonyl (C=O) groups excluding carboxylic acids is 1. The lowest BCUT2D eigenvalue weighted by Gasteiger charge is -2.35. The highest BCUT2D eigenvalue weighted by Gasteiger charge is 2.34. The van der Waals surface area contributed by atoms with Crippen LogP contribution in [0.4, 0.5) is 0 Å². The van der Waals surface area contributed by atoms with Crippen molar-refractivity contribution in [2.75, 3.05) is 38.2 Å². The molecule has 24 heavy (non-hydrogen) atoms. The summed E-state index contributed by atoms with van der Waals surface area (Å²) in [6.45, 7) is 4.36. The zero-order valence-corrected chi connectivity index (χ0v) is 15.8. The fourth-order valence-electron chi connectivity index (χ4n) is 2.72. The molecule has 1 aliphatic heterocycles. The van der Waals surface area contributed by atoms with Crippen molar-refractivity contribution in [2.24, 2.45) is 5.73 Å². The average Bonchev–Trinajstić information content (AvgIpc) is 2.91. The smallest absolute Gasteiger partial charge is 0.248 e. The number of sulfonamides is 1. The highest BCUT2D eigenvalue weighted by molar-refractivity contribution is 7.98. The number of hydrogen-bond donors (Lipinski definition) is 1. The second-order valence-electron chi connectivity index (χ2n) is 5.77. The predicted molar refractivity (Wildman–Crippen MR) is 92.3 cm³/mol. The number of carbonyl (C=O) groups is 1. The minimum absolute atomic E-state index is 0.113. The molecule has 1 fully saturated rings. The minimum atomic E-state index is -3.66. The van der Waals surface area contributed by atoms with Crippen molar-refractivity contribution in [2.45, 2.75) is 31.2 Å². The summed E-state index contributed by atoms with van der Waals surface area (Å²) in [5, 5.41) is 3.71. The van der Waals surface area contributed by atoms with Gasteiger partial charge in [-0.1, -0.05) is 5.16 Å². The van der Waals surface area contributed by atoms with E-state index in [1.807, 2.05) is 6.26 Å². The number of nitrogens with zero attached hydrogens (tertiary/aromatic N) is 3. The summed E-state index contributed by atoms with van der Waals surface area (Å²) < 4.78 is 31.8. The zero-order chi connectivity index (χ0) is 17.9. The van der Waals surface area contributed by atoms with Crippen LogP contribution in [0.25, 0.3) is 0 Å². The van der Waals surface area contributed by atoms with E-state index in [1.165, 1.54) is 4.31 Å². The number of thioether (sulfide) groups is 1. The SMILES string of the molecule is CSCCC(N)C(=O)N1CCN(S(=O)(=O)c2c(C)noc2C)CC1. The zero-order valence-electron chi connectivity index (χ0n) is 14.2. The van der Waals surface area contributed by atoms with Crippen LogP contribution < -0.4 is 5.73 Å². The molecule has 1 aromatic heterocycles. The fraction of sp³-hybridized carbons (Fsp3) is 0.714. The third-order valence-electron chi connectivity index (χ3n) is 4.07. The Morgan fingerprint density at radius 2 is 1.96 bits per heavy atom. The van der Waals surface area contributed by atoms with Crippen LogP contribution in [0.1, 0.15) is 17.9 Å². The first kappa shape index (κ1) is 19.2. The van der Waals surface area contributed by atoms with Gasteiger partial charge < -0.3 is 15.2 Å². The molecule has 1 saturated heterocycles. The highest BCUT2D eigenvalue weighted by atomic mass is 32.2. The predicted octanol–water partition coefficient (Wildman–Crippen LogP) is 0.205. The molecule has 0 bridgehead atoms. The van der Waals surface area contributed by atoms with Crippen LogP contribution in [-0.2, 0) is 14.8 Å². The van der Waals surface area contributed by atoms with Crippen LogP contribution in [0, 0.1) is 13.8 Å². The van der Waals surface area contributed by atoms with Gasteiger partial charge in [-0.3, -0.25) is 4.79 Å². The van der Waals surface area contributed by atoms with Gasteiger partial charge in [-0.25, -0.2) is 8.42 Å². The summed E-state index contributed by atoms with van der Waals surface area (Å²) >= 11 is 1.65. The summed E-state index contributed by atoms with van der Waals surface area (Å²) in [6, 6.07) is -0.525. The minimum Gasteiger partial charge on any atom is -0.360 e. The Hall–Kier alpha value is -1.10. The van der Waals surface area contributed by atoms with Gasteiger partial charge in [0.1, 0.15) is 10.6 Å². The third kappa shape index (κ3) is 3.93. The maximum Gasteiger partial charge on any atom is 0.248 e. The van der Waals surface area contributed by atoms with Crippen LogP contribution >= 0.6 is 11.8 Å². The highest BCUT2D eigenvalue weighted by Crippen LogP contribution is 2.24. The Bertz CT molecular complexity index is 661. The molecule has 1 amide bonds. The van der Waals surface area contributed by atoms with Crippen molar-refractivity contribution < 1.29 is 17.7 Å². The molecule has 2 rings (SSSR count). The molecule has 0 aromatic carbocycles. The first-order valence-electron chi connectivity index (χ1n) is 7.75. The Morgan fingerprint density at radius 3 is 2.46 bits per heavy atom. The quantitative estimate of drug-likeness (QED) is 0.755. The number of nitrogens with two attached hydrogens (primary N) is 1. The van der Waals surface area contributed by atoms with E-state index >= 15 is 0 Å². The van der Waals surface area contributed by atoms with Crippen molar-refractivity contribution in [1.82, 2.24) is 14.4 Å². The largest absolute Gasteiger partial charge is 0.360 e. The Labute approximate surface area is 146 Å². The van der Waals surface area contributed by atoms with E-state index in [9.17, 15) is 13.2 Å². The Balaban J connectivity index is 2.01. The summed E-state index contributed by atoms with van der Waals surface area (Å²) in [5.74, 6) is 0.997. The van der Waals surface area contributed by atoms with Crippen LogP contribution in [0.2, 0.25) is 0 Å². The first-order valence-corrected chi connectivity index (χ1v) is 10.6. The Morgan fingerprint density at radius 1 is 1.33 bits per heavy atom. The molecule has 1 aromatic rings. The third-order valence-corrected chi connectivity index (χ3v) is 6.85. The monoisotopic (exact) mass is 376 g/mol. The van der Waals surface area contributed by atoms with Crippen LogP contribution in [0.3, 0.4) is 0 Å². The number of rotatable bonds is 6. The first-order chi connectivity index (χ1) is 11.3. The summed E-state index contributed by atoms with van der Waals surface area (Å²) in [5.41, 5.74) is 6.27. The Kier molecular flexibility index (Phi) is 6.29. The number of amides is 1. The topological polar surface area (TPSA) is 110 Å². The van der Waals surface area contributed by atoms with Crippen molar-refractivity contribution in [3.63, 3.8) is 0 Å². The van der Waals surface area contributed by atoms with Gasteiger partial charge in [-0.05, 0) is 32.3 Å². The number of piperazine rings is 1. The standard InChI is InChI=1S/C14H24N4O4S2/c1-10-13(11(2)22-16-10)24(20,21)18-7-5-17(6-8-18)14(19)12(15)4-9-23-3/h12H,4-9,15H2,1-3H3. The lowest BCUT2D eigenvalue weighted by Crippen LogP contribution is -2.54.